The number of rotatable bonds is 6. The van der Waals surface area contributed by atoms with Crippen molar-refractivity contribution in [3.8, 4) is 0 Å². The van der Waals surface area contributed by atoms with E-state index in [1.165, 1.54) is 5.57 Å². The fraction of sp³-hybridized carbons (Fsp3) is 0.860. The highest BCUT2D eigenvalue weighted by atomic mass is 16.7. The number of carbonyl (C=O) groups excluding carboxylic acids is 2. The van der Waals surface area contributed by atoms with Crippen LogP contribution in [0.1, 0.15) is 106 Å². The van der Waals surface area contributed by atoms with Crippen molar-refractivity contribution >= 4 is 11.9 Å². The molecular formula is C43H66O14. The first-order chi connectivity index (χ1) is 26.6. The molecule has 0 spiro atoms. The topological polar surface area (TPSA) is 222 Å². The van der Waals surface area contributed by atoms with Crippen molar-refractivity contribution in [2.45, 2.75) is 174 Å². The quantitative estimate of drug-likeness (QED) is 0.151. The molecule has 0 radical (unpaired) electrons. The average Bonchev–Trinajstić information content (AvgIpc) is 3.17. The first-order valence-corrected chi connectivity index (χ1v) is 21.0. The van der Waals surface area contributed by atoms with Gasteiger partial charge in [-0.2, -0.15) is 0 Å². The molecule has 5 fully saturated rings. The average molecular weight is 807 g/mol. The highest BCUT2D eigenvalue weighted by molar-refractivity contribution is 5.84. The van der Waals surface area contributed by atoms with Gasteiger partial charge in [0.1, 0.15) is 42.7 Å². The lowest BCUT2D eigenvalue weighted by molar-refractivity contribution is -0.324. The van der Waals surface area contributed by atoms with Crippen LogP contribution in [0.4, 0.5) is 0 Å². The van der Waals surface area contributed by atoms with Crippen molar-refractivity contribution in [2.75, 3.05) is 13.7 Å². The Bertz CT molecular complexity index is 1640. The smallest absolute Gasteiger partial charge is 0.337 e. The number of carbonyl (C=O) groups is 2. The van der Waals surface area contributed by atoms with E-state index in [1.807, 2.05) is 0 Å². The lowest BCUT2D eigenvalue weighted by Gasteiger charge is -2.70. The van der Waals surface area contributed by atoms with Crippen LogP contribution >= 0.6 is 0 Å². The fourth-order valence-electron chi connectivity index (χ4n) is 13.3. The second-order valence-corrected chi connectivity index (χ2v) is 19.8. The number of allylic oxidation sites excluding steroid dienone is 3. The molecular weight excluding hydrogens is 740 g/mol. The summed E-state index contributed by atoms with van der Waals surface area (Å²) in [5, 5.41) is 73.3. The van der Waals surface area contributed by atoms with Gasteiger partial charge in [-0.3, -0.25) is 4.79 Å². The highest BCUT2D eigenvalue weighted by Crippen LogP contribution is 2.75. The Morgan fingerprint density at radius 3 is 2.12 bits per heavy atom. The van der Waals surface area contributed by atoms with Gasteiger partial charge in [0.15, 0.2) is 12.4 Å². The molecule has 57 heavy (non-hydrogen) atoms. The van der Waals surface area contributed by atoms with Crippen molar-refractivity contribution in [2.24, 2.45) is 44.8 Å². The van der Waals surface area contributed by atoms with Gasteiger partial charge in [0, 0.05) is 0 Å². The van der Waals surface area contributed by atoms with Crippen molar-refractivity contribution in [1.29, 1.82) is 0 Å². The third-order valence-corrected chi connectivity index (χ3v) is 17.1. The van der Waals surface area contributed by atoms with E-state index in [0.29, 0.717) is 25.2 Å². The van der Waals surface area contributed by atoms with E-state index in [4.69, 9.17) is 23.7 Å². The number of esters is 2. The molecule has 0 aromatic heterocycles. The van der Waals surface area contributed by atoms with Crippen molar-refractivity contribution in [3.63, 3.8) is 0 Å². The molecule has 3 saturated carbocycles. The van der Waals surface area contributed by atoms with E-state index in [0.717, 1.165) is 56.8 Å². The van der Waals surface area contributed by atoms with E-state index in [9.17, 15) is 45.3 Å². The van der Waals surface area contributed by atoms with Crippen molar-refractivity contribution in [3.05, 3.63) is 22.8 Å². The summed E-state index contributed by atoms with van der Waals surface area (Å²) in [5.74, 6) is -0.622. The van der Waals surface area contributed by atoms with E-state index < -0.39 is 90.8 Å². The van der Waals surface area contributed by atoms with Gasteiger partial charge in [0.05, 0.1) is 25.2 Å². The second kappa shape index (κ2) is 14.9. The summed E-state index contributed by atoms with van der Waals surface area (Å²) in [4.78, 5) is 27.0. The van der Waals surface area contributed by atoms with Gasteiger partial charge in [-0.1, -0.05) is 53.2 Å². The molecule has 7 rings (SSSR count). The summed E-state index contributed by atoms with van der Waals surface area (Å²) in [7, 11) is 1.16. The maximum atomic E-state index is 14.6. The van der Waals surface area contributed by atoms with Crippen LogP contribution in [0.5, 0.6) is 0 Å². The van der Waals surface area contributed by atoms with Crippen LogP contribution in [-0.4, -0.2) is 129 Å². The van der Waals surface area contributed by atoms with Gasteiger partial charge in [-0.05, 0) is 115 Å². The molecule has 0 amide bonds. The molecule has 14 heteroatoms. The zero-order valence-electron chi connectivity index (χ0n) is 34.7. The molecule has 0 aromatic rings. The molecule has 2 aliphatic heterocycles. The number of hydrogen-bond donors (Lipinski definition) is 7. The molecule has 0 aromatic carbocycles. The number of fused-ring (bicyclic) bond motifs is 7. The summed E-state index contributed by atoms with van der Waals surface area (Å²) in [6, 6.07) is 0. The van der Waals surface area contributed by atoms with Crippen LogP contribution in [0.15, 0.2) is 22.8 Å². The van der Waals surface area contributed by atoms with E-state index in [-0.39, 0.29) is 34.2 Å². The maximum Gasteiger partial charge on any atom is 0.337 e. The normalized spacial score (nSPS) is 50.7. The predicted molar refractivity (Wildman–Crippen MR) is 202 cm³/mol. The Kier molecular flexibility index (Phi) is 11.3. The Hall–Kier alpha value is -1.98. The number of aliphatic hydroxyl groups excluding tert-OH is 7. The fourth-order valence-corrected chi connectivity index (χ4v) is 13.3. The molecule has 7 aliphatic rings. The first kappa shape index (κ1) is 43.1. The number of ether oxygens (including phenoxy) is 5. The minimum atomic E-state index is -1.68. The van der Waals surface area contributed by atoms with Crippen molar-refractivity contribution < 1.29 is 69.0 Å². The minimum absolute atomic E-state index is 0.0996. The lowest BCUT2D eigenvalue weighted by Crippen LogP contribution is -2.65. The van der Waals surface area contributed by atoms with Gasteiger partial charge in [0.25, 0.3) is 0 Å². The van der Waals surface area contributed by atoms with Crippen LogP contribution in [0.3, 0.4) is 0 Å². The SMILES string of the molecule is COC(=O)[C@H]1O[C@@H](O[C@H]2CC[C@]3(C)[C@H]4CC=C5C6=C(C)[C@@H](C)CC[C@]6(C(=O)O[C@@H]6O[C@H](CO)[C@@H](O)[C@H](O)[C@H]6O)CC[C@@]5(C)[C@]4(C)CC[C@H]3C2(C)C)[C@H](O)[C@@H](O)[C@@H]1O. The summed E-state index contributed by atoms with van der Waals surface area (Å²) < 4.78 is 28.6. The largest absolute Gasteiger partial charge is 0.467 e. The predicted octanol–water partition coefficient (Wildman–Crippen LogP) is 2.42. The van der Waals surface area contributed by atoms with Crippen LogP contribution in [0.2, 0.25) is 0 Å². The third kappa shape index (κ3) is 6.24. The van der Waals surface area contributed by atoms with Crippen LogP contribution in [0, 0.1) is 44.8 Å². The van der Waals surface area contributed by atoms with E-state index in [2.05, 4.69) is 54.5 Å². The molecule has 2 saturated heterocycles. The first-order valence-electron chi connectivity index (χ1n) is 21.0. The molecule has 14 nitrogen and oxygen atoms in total. The summed E-state index contributed by atoms with van der Waals surface area (Å²) in [6.45, 7) is 15.3. The van der Waals surface area contributed by atoms with Crippen molar-refractivity contribution in [1.82, 2.24) is 0 Å². The van der Waals surface area contributed by atoms with Gasteiger partial charge in [-0.15, -0.1) is 0 Å². The molecule has 18 atom stereocenters. The summed E-state index contributed by atoms with van der Waals surface area (Å²) >= 11 is 0. The Balaban J connectivity index is 1.17. The molecule has 0 unspecified atom stereocenters. The summed E-state index contributed by atoms with van der Waals surface area (Å²) in [5.41, 5.74) is 1.50. The Morgan fingerprint density at radius 1 is 0.789 bits per heavy atom. The Labute approximate surface area is 335 Å². The molecule has 322 valence electrons. The number of methoxy groups -OCH3 is 1. The van der Waals surface area contributed by atoms with E-state index >= 15 is 0 Å². The van der Waals surface area contributed by atoms with Gasteiger partial charge >= 0.3 is 11.9 Å². The van der Waals surface area contributed by atoms with Gasteiger partial charge in [0.2, 0.25) is 6.29 Å². The monoisotopic (exact) mass is 806 g/mol. The maximum absolute atomic E-state index is 14.6. The number of aliphatic hydroxyl groups is 7. The number of hydrogen-bond acceptors (Lipinski definition) is 14. The zero-order valence-corrected chi connectivity index (χ0v) is 34.7. The van der Waals surface area contributed by atoms with Crippen LogP contribution in [-0.2, 0) is 33.3 Å². The van der Waals surface area contributed by atoms with Crippen LogP contribution < -0.4 is 0 Å². The molecule has 0 bridgehead atoms. The minimum Gasteiger partial charge on any atom is -0.467 e. The zero-order chi connectivity index (χ0) is 41.8. The Morgan fingerprint density at radius 2 is 1.46 bits per heavy atom. The molecule has 7 N–H and O–H groups in total. The van der Waals surface area contributed by atoms with E-state index in [1.54, 1.807) is 0 Å². The highest BCUT2D eigenvalue weighted by Gasteiger charge is 2.69. The van der Waals surface area contributed by atoms with Gasteiger partial charge < -0.3 is 59.4 Å². The third-order valence-electron chi connectivity index (χ3n) is 17.1. The lowest BCUT2D eigenvalue weighted by atomic mass is 9.34. The van der Waals surface area contributed by atoms with Gasteiger partial charge in [-0.25, -0.2) is 4.79 Å². The standard InChI is InChI=1S/C43H66O14/c1-20-11-16-43(38(52)57-36-32(49)29(46)28(45)23(19-44)54-36)18-17-41(6)22(27(43)21(20)2)9-10-25-40(5)14-13-26(39(3,4)24(40)12-15-42(25,41)7)55-37-33(50)30(47)31(48)34(56-37)35(51)53-8/h9,20,23-26,28-34,36-37,44-50H,10-19H2,1-8H3/t20-,23+,24-,25+,26-,28+,29-,30-,31-,32+,33+,34-,36-,37+,40-,41+,42+,43-/m0/s1. The second-order valence-electron chi connectivity index (χ2n) is 19.8. The molecule has 5 aliphatic carbocycles. The van der Waals surface area contributed by atoms with Crippen LogP contribution in [0.25, 0.3) is 0 Å². The molecule has 2 heterocycles. The summed E-state index contributed by atoms with van der Waals surface area (Å²) in [6.07, 6.45) is -6.53.